The average Bonchev–Trinajstić information content (AvgIpc) is 2.96. The van der Waals surface area contributed by atoms with E-state index in [2.05, 4.69) is 53.1 Å². The van der Waals surface area contributed by atoms with Crippen LogP contribution < -0.4 is 0 Å². The highest BCUT2D eigenvalue weighted by molar-refractivity contribution is 6.70. The first-order chi connectivity index (χ1) is 14.6. The van der Waals surface area contributed by atoms with Gasteiger partial charge in [0.05, 0.1) is 0 Å². The van der Waals surface area contributed by atoms with E-state index >= 15 is 0 Å². The molecule has 4 fully saturated rings. The Morgan fingerprint density at radius 1 is 0.844 bits per heavy atom. The van der Waals surface area contributed by atoms with Crippen LogP contribution in [0.15, 0.2) is 0 Å². The molecule has 4 aliphatic carbocycles. The summed E-state index contributed by atoms with van der Waals surface area (Å²) in [5.41, 5.74) is 0.501. The van der Waals surface area contributed by atoms with E-state index in [0.29, 0.717) is 35.2 Å². The molecule has 0 amide bonds. The number of Topliss-reactive ketones (excluding diaryl/α,β-unsaturated/α-hetero) is 1. The van der Waals surface area contributed by atoms with Crippen LogP contribution in [0.5, 0.6) is 0 Å². The van der Waals surface area contributed by atoms with Crippen molar-refractivity contribution in [3.63, 3.8) is 0 Å². The van der Waals surface area contributed by atoms with Crippen LogP contribution in [0, 0.1) is 40.4 Å². The van der Waals surface area contributed by atoms with Gasteiger partial charge in [0, 0.05) is 18.1 Å². The molecule has 184 valence electrons. The number of ketones is 1. The van der Waals surface area contributed by atoms with Crippen LogP contribution in [0.1, 0.15) is 72.1 Å². The first-order valence-electron chi connectivity index (χ1n) is 13.5. The molecule has 9 atom stereocenters. The lowest BCUT2D eigenvalue weighted by Gasteiger charge is -2.64. The molecule has 0 unspecified atom stereocenters. The van der Waals surface area contributed by atoms with Crippen LogP contribution in [0.3, 0.4) is 0 Å². The SMILES string of the molecule is CC(=O)[C@H]1CC[C@H]2[C@@H]3CC[C@@H]4C[C@H](O[Si](C)(C)C)CC[C@]4(C)[C@H]3[C@@H](O[Si](C)(C)C)C[C@]12C. The van der Waals surface area contributed by atoms with E-state index in [-0.39, 0.29) is 11.3 Å². The molecule has 0 aliphatic heterocycles. The molecule has 0 aromatic heterocycles. The van der Waals surface area contributed by atoms with E-state index in [1.165, 1.54) is 38.5 Å². The lowest BCUT2D eigenvalue weighted by Crippen LogP contribution is -2.61. The molecule has 0 aromatic rings. The Balaban J connectivity index is 1.65. The van der Waals surface area contributed by atoms with Crippen molar-refractivity contribution in [1.82, 2.24) is 0 Å². The molecule has 0 radical (unpaired) electrons. The summed E-state index contributed by atoms with van der Waals surface area (Å²) in [4.78, 5) is 12.7. The third-order valence-corrected chi connectivity index (χ3v) is 12.1. The Kier molecular flexibility index (Phi) is 6.52. The minimum absolute atomic E-state index is 0.138. The number of carbonyl (C=O) groups excluding carboxylic acids is 1. The summed E-state index contributed by atoms with van der Waals surface area (Å²) in [5.74, 6) is 3.52. The fourth-order valence-corrected chi connectivity index (χ4v) is 11.5. The number of hydrogen-bond acceptors (Lipinski definition) is 3. The highest BCUT2D eigenvalue weighted by atomic mass is 28.4. The Bertz CT molecular complexity index is 725. The number of fused-ring (bicyclic) bond motifs is 5. The highest BCUT2D eigenvalue weighted by Crippen LogP contribution is 2.68. The summed E-state index contributed by atoms with van der Waals surface area (Å²) in [6, 6.07) is 0. The van der Waals surface area contributed by atoms with Crippen molar-refractivity contribution in [3.05, 3.63) is 0 Å². The molecule has 0 N–H and O–H groups in total. The second kappa shape index (κ2) is 8.31. The van der Waals surface area contributed by atoms with E-state index in [1.807, 2.05) is 6.92 Å². The van der Waals surface area contributed by atoms with Crippen molar-refractivity contribution < 1.29 is 13.6 Å². The molecule has 5 heteroatoms. The van der Waals surface area contributed by atoms with Gasteiger partial charge in [0.25, 0.3) is 0 Å². The predicted octanol–water partition coefficient (Wildman–Crippen LogP) is 7.28. The molecule has 0 heterocycles. The van der Waals surface area contributed by atoms with E-state index < -0.39 is 16.6 Å². The maximum atomic E-state index is 12.7. The van der Waals surface area contributed by atoms with Crippen molar-refractivity contribution >= 4 is 22.4 Å². The molecule has 4 rings (SSSR count). The number of rotatable bonds is 5. The Morgan fingerprint density at radius 2 is 1.50 bits per heavy atom. The van der Waals surface area contributed by atoms with Gasteiger partial charge in [-0.3, -0.25) is 4.79 Å². The fraction of sp³-hybridized carbons (Fsp3) is 0.963. The van der Waals surface area contributed by atoms with Crippen molar-refractivity contribution in [2.45, 2.75) is 124 Å². The molecule has 4 aliphatic rings. The van der Waals surface area contributed by atoms with Gasteiger partial charge in [-0.2, -0.15) is 0 Å². The quantitative estimate of drug-likeness (QED) is 0.389. The molecule has 32 heavy (non-hydrogen) atoms. The average molecular weight is 479 g/mol. The van der Waals surface area contributed by atoms with Gasteiger partial charge >= 0.3 is 0 Å². The van der Waals surface area contributed by atoms with Crippen LogP contribution in [-0.4, -0.2) is 34.6 Å². The maximum Gasteiger partial charge on any atom is 0.184 e. The summed E-state index contributed by atoms with van der Waals surface area (Å²) in [6.07, 6.45) is 10.7. The minimum Gasteiger partial charge on any atom is -0.415 e. The summed E-state index contributed by atoms with van der Waals surface area (Å²) < 4.78 is 13.7. The van der Waals surface area contributed by atoms with Crippen LogP contribution in [0.2, 0.25) is 39.3 Å². The van der Waals surface area contributed by atoms with Gasteiger partial charge in [-0.05, 0) is 132 Å². The molecule has 3 nitrogen and oxygen atoms in total. The minimum atomic E-state index is -1.69. The Hall–Kier alpha value is 0.0238. The predicted molar refractivity (Wildman–Crippen MR) is 138 cm³/mol. The molecule has 4 saturated carbocycles. The van der Waals surface area contributed by atoms with Crippen molar-refractivity contribution in [2.75, 3.05) is 0 Å². The maximum absolute atomic E-state index is 12.7. The van der Waals surface area contributed by atoms with Gasteiger partial charge in [-0.15, -0.1) is 0 Å². The van der Waals surface area contributed by atoms with Crippen LogP contribution in [0.25, 0.3) is 0 Å². The summed E-state index contributed by atoms with van der Waals surface area (Å²) in [7, 11) is -3.19. The normalized spacial score (nSPS) is 46.8. The molecular weight excluding hydrogens is 428 g/mol. The Morgan fingerprint density at radius 3 is 2.09 bits per heavy atom. The first kappa shape index (κ1) is 25.1. The first-order valence-corrected chi connectivity index (χ1v) is 20.3. The fourth-order valence-electron chi connectivity index (χ4n) is 9.15. The lowest BCUT2D eigenvalue weighted by molar-refractivity contribution is -0.173. The van der Waals surface area contributed by atoms with Crippen LogP contribution in [0.4, 0.5) is 0 Å². The van der Waals surface area contributed by atoms with Crippen molar-refractivity contribution in [3.8, 4) is 0 Å². The van der Waals surface area contributed by atoms with Gasteiger partial charge in [0.15, 0.2) is 16.6 Å². The highest BCUT2D eigenvalue weighted by Gasteiger charge is 2.64. The smallest absolute Gasteiger partial charge is 0.184 e. The van der Waals surface area contributed by atoms with Crippen molar-refractivity contribution in [2.24, 2.45) is 40.4 Å². The number of carbonyl (C=O) groups is 1. The molecule has 0 saturated heterocycles. The standard InChI is InChI=1S/C27H50O3Si2/c1-18(28)22-12-13-23-21-11-10-19-16-20(29-31(4,5)6)14-15-26(19,2)25(21)24(17-27(22,23)3)30-32(7,8)9/h19-25H,10-17H2,1-9H3/t19-,20-,21+,22-,23+,24+,25-,26+,27-/m1/s1. The summed E-state index contributed by atoms with van der Waals surface area (Å²) >= 11 is 0. The van der Waals surface area contributed by atoms with Crippen molar-refractivity contribution in [1.29, 1.82) is 0 Å². The topological polar surface area (TPSA) is 35.5 Å². The second-order valence-electron chi connectivity index (χ2n) is 14.4. The zero-order chi connectivity index (χ0) is 23.7. The van der Waals surface area contributed by atoms with Crippen LogP contribution >= 0.6 is 0 Å². The van der Waals surface area contributed by atoms with E-state index in [4.69, 9.17) is 8.85 Å². The summed E-state index contributed by atoms with van der Waals surface area (Å²) in [5, 5.41) is 0. The van der Waals surface area contributed by atoms with Crippen LogP contribution in [-0.2, 0) is 13.6 Å². The second-order valence-corrected chi connectivity index (χ2v) is 23.3. The molecule has 0 bridgehead atoms. The van der Waals surface area contributed by atoms with E-state index in [9.17, 15) is 4.79 Å². The molecule has 0 spiro atoms. The van der Waals surface area contributed by atoms with Gasteiger partial charge in [-0.1, -0.05) is 13.8 Å². The molecule has 0 aromatic carbocycles. The molecular formula is C27H50O3Si2. The largest absolute Gasteiger partial charge is 0.415 e. The van der Waals surface area contributed by atoms with Gasteiger partial charge in [0.2, 0.25) is 0 Å². The van der Waals surface area contributed by atoms with Gasteiger partial charge in [0.1, 0.15) is 5.78 Å². The van der Waals surface area contributed by atoms with E-state index in [0.717, 1.165) is 24.7 Å². The van der Waals surface area contributed by atoms with E-state index in [1.54, 1.807) is 0 Å². The third-order valence-electron chi connectivity index (χ3n) is 10.0. The Labute approximate surface area is 200 Å². The number of hydrogen-bond donors (Lipinski definition) is 0. The monoisotopic (exact) mass is 478 g/mol. The van der Waals surface area contributed by atoms with Gasteiger partial charge < -0.3 is 8.85 Å². The third kappa shape index (κ3) is 4.49. The lowest BCUT2D eigenvalue weighted by atomic mass is 9.44. The van der Waals surface area contributed by atoms with Gasteiger partial charge in [-0.25, -0.2) is 0 Å². The zero-order valence-electron chi connectivity index (χ0n) is 22.4. The summed E-state index contributed by atoms with van der Waals surface area (Å²) in [6.45, 7) is 21.0. The zero-order valence-corrected chi connectivity index (χ0v) is 24.4.